The summed E-state index contributed by atoms with van der Waals surface area (Å²) in [6.07, 6.45) is 0. The number of carbonyl (C=O) groups is 1. The fourth-order valence-corrected chi connectivity index (χ4v) is 1.75. The van der Waals surface area contributed by atoms with Gasteiger partial charge in [-0.15, -0.1) is 0 Å². The van der Waals surface area contributed by atoms with E-state index in [4.69, 9.17) is 4.74 Å². The molecule has 0 atom stereocenters. The summed E-state index contributed by atoms with van der Waals surface area (Å²) < 4.78 is 19.1. The first-order chi connectivity index (χ1) is 8.25. The molecule has 1 N–H and O–H groups in total. The Bertz CT molecular complexity index is 610. The Morgan fingerprint density at radius 1 is 1.06 bits per heavy atom. The Balaban J connectivity index is 2.22. The second-order valence-corrected chi connectivity index (χ2v) is 3.67. The van der Waals surface area contributed by atoms with Crippen LogP contribution in [0.15, 0.2) is 42.5 Å². The number of halogens is 1. The minimum Gasteiger partial charge on any atom is -0.451 e. The number of amides is 1. The molecule has 0 radical (unpaired) electrons. The summed E-state index contributed by atoms with van der Waals surface area (Å²) in [6.45, 7) is 0. The molecule has 1 amide bonds. The Hall–Kier alpha value is -2.36. The van der Waals surface area contributed by atoms with E-state index >= 15 is 0 Å². The molecule has 0 aromatic heterocycles. The van der Waals surface area contributed by atoms with Crippen molar-refractivity contribution >= 4 is 11.6 Å². The van der Waals surface area contributed by atoms with Gasteiger partial charge in [-0.25, -0.2) is 4.39 Å². The maximum atomic E-state index is 13.6. The van der Waals surface area contributed by atoms with Crippen LogP contribution in [0.1, 0.15) is 10.4 Å². The molecule has 0 spiro atoms. The Morgan fingerprint density at radius 3 is 2.76 bits per heavy atom. The lowest BCUT2D eigenvalue weighted by atomic mass is 10.2. The van der Waals surface area contributed by atoms with Gasteiger partial charge in [0.2, 0.25) is 0 Å². The predicted molar refractivity (Wildman–Crippen MR) is 60.9 cm³/mol. The van der Waals surface area contributed by atoms with Crippen LogP contribution in [-0.4, -0.2) is 5.91 Å². The van der Waals surface area contributed by atoms with Crippen molar-refractivity contribution < 1.29 is 13.9 Å². The quantitative estimate of drug-likeness (QED) is 0.753. The second-order valence-electron chi connectivity index (χ2n) is 3.67. The van der Waals surface area contributed by atoms with Crippen molar-refractivity contribution in [3.05, 3.63) is 53.8 Å². The average Bonchev–Trinajstić information content (AvgIpc) is 2.47. The molecule has 3 nitrogen and oxygen atoms in total. The van der Waals surface area contributed by atoms with Gasteiger partial charge < -0.3 is 10.1 Å². The van der Waals surface area contributed by atoms with Gasteiger partial charge >= 0.3 is 0 Å². The third kappa shape index (κ3) is 1.54. The highest BCUT2D eigenvalue weighted by Crippen LogP contribution is 2.36. The topological polar surface area (TPSA) is 38.3 Å². The SMILES string of the molecule is O=C1Nc2ccccc2Oc2c(F)cccc21. The lowest BCUT2D eigenvalue weighted by Gasteiger charge is -2.07. The molecule has 1 aliphatic heterocycles. The summed E-state index contributed by atoms with van der Waals surface area (Å²) in [6, 6.07) is 11.2. The highest BCUT2D eigenvalue weighted by Gasteiger charge is 2.22. The molecule has 3 rings (SSSR count). The standard InChI is InChI=1S/C13H8FNO2/c14-9-5-3-4-8-12(9)17-11-7-2-1-6-10(11)15-13(8)16/h1-7H,(H,15,16). The molecule has 2 aromatic carbocycles. The van der Waals surface area contributed by atoms with Gasteiger partial charge in [-0.2, -0.15) is 0 Å². The summed E-state index contributed by atoms with van der Waals surface area (Å²) in [4.78, 5) is 11.9. The average molecular weight is 229 g/mol. The summed E-state index contributed by atoms with van der Waals surface area (Å²) in [5.41, 5.74) is 0.731. The molecule has 84 valence electrons. The van der Waals surface area contributed by atoms with E-state index in [1.165, 1.54) is 18.2 Å². The highest BCUT2D eigenvalue weighted by atomic mass is 19.1. The van der Waals surface area contributed by atoms with Gasteiger partial charge in [-0.3, -0.25) is 4.79 Å². The summed E-state index contributed by atoms with van der Waals surface area (Å²) in [5.74, 6) is -0.515. The molecule has 2 aromatic rings. The fraction of sp³-hybridized carbons (Fsp3) is 0. The van der Waals surface area contributed by atoms with E-state index in [1.54, 1.807) is 24.3 Å². The van der Waals surface area contributed by atoms with Gasteiger partial charge in [0.05, 0.1) is 11.3 Å². The molecule has 0 bridgehead atoms. The number of hydrogen-bond donors (Lipinski definition) is 1. The van der Waals surface area contributed by atoms with E-state index in [1.807, 2.05) is 0 Å². The van der Waals surface area contributed by atoms with Crippen molar-refractivity contribution in [2.75, 3.05) is 5.32 Å². The maximum Gasteiger partial charge on any atom is 0.259 e. The molecule has 0 aliphatic carbocycles. The first kappa shape index (κ1) is 9.84. The van der Waals surface area contributed by atoms with Crippen molar-refractivity contribution in [3.8, 4) is 11.5 Å². The van der Waals surface area contributed by atoms with Crippen LogP contribution < -0.4 is 10.1 Å². The molecule has 1 heterocycles. The number of rotatable bonds is 0. The van der Waals surface area contributed by atoms with E-state index in [9.17, 15) is 9.18 Å². The first-order valence-corrected chi connectivity index (χ1v) is 5.12. The Kier molecular flexibility index (Phi) is 2.08. The smallest absolute Gasteiger partial charge is 0.259 e. The number of hydrogen-bond acceptors (Lipinski definition) is 2. The van der Waals surface area contributed by atoms with E-state index < -0.39 is 5.82 Å². The van der Waals surface area contributed by atoms with E-state index in [2.05, 4.69) is 5.32 Å². The zero-order chi connectivity index (χ0) is 11.8. The van der Waals surface area contributed by atoms with E-state index in [0.717, 1.165) is 0 Å². The number of nitrogens with one attached hydrogen (secondary N) is 1. The zero-order valence-electron chi connectivity index (χ0n) is 8.74. The molecule has 0 unspecified atom stereocenters. The second kappa shape index (κ2) is 3.59. The minimum absolute atomic E-state index is 0.0325. The molecular formula is C13H8FNO2. The van der Waals surface area contributed by atoms with Crippen molar-refractivity contribution in [2.45, 2.75) is 0 Å². The number of benzene rings is 2. The molecule has 0 fully saturated rings. The van der Waals surface area contributed by atoms with Gasteiger partial charge in [0.25, 0.3) is 5.91 Å². The Morgan fingerprint density at radius 2 is 1.88 bits per heavy atom. The summed E-state index contributed by atoms with van der Waals surface area (Å²) in [5, 5.41) is 2.68. The maximum absolute atomic E-state index is 13.6. The van der Waals surface area contributed by atoms with Gasteiger partial charge in [0.1, 0.15) is 0 Å². The summed E-state index contributed by atoms with van der Waals surface area (Å²) in [7, 11) is 0. The van der Waals surface area contributed by atoms with Crippen LogP contribution in [-0.2, 0) is 0 Å². The zero-order valence-corrected chi connectivity index (χ0v) is 8.74. The Labute approximate surface area is 96.8 Å². The van der Waals surface area contributed by atoms with Crippen LogP contribution in [0.25, 0.3) is 0 Å². The monoisotopic (exact) mass is 229 g/mol. The minimum atomic E-state index is -0.547. The molecule has 0 saturated heterocycles. The van der Waals surface area contributed by atoms with Crippen LogP contribution in [0.5, 0.6) is 11.5 Å². The molecule has 0 saturated carbocycles. The number of anilines is 1. The number of para-hydroxylation sites is 3. The third-order valence-corrected chi connectivity index (χ3v) is 2.56. The highest BCUT2D eigenvalue weighted by molar-refractivity contribution is 6.07. The third-order valence-electron chi connectivity index (χ3n) is 2.56. The largest absolute Gasteiger partial charge is 0.451 e. The fourth-order valence-electron chi connectivity index (χ4n) is 1.75. The number of ether oxygens (including phenoxy) is 1. The van der Waals surface area contributed by atoms with Gasteiger partial charge in [0.15, 0.2) is 17.3 Å². The molecule has 4 heteroatoms. The van der Waals surface area contributed by atoms with Gasteiger partial charge in [0, 0.05) is 0 Å². The number of fused-ring (bicyclic) bond motifs is 2. The van der Waals surface area contributed by atoms with Crippen molar-refractivity contribution in [3.63, 3.8) is 0 Å². The van der Waals surface area contributed by atoms with Crippen LogP contribution >= 0.6 is 0 Å². The van der Waals surface area contributed by atoms with Crippen molar-refractivity contribution in [1.82, 2.24) is 0 Å². The molecule has 1 aliphatic rings. The number of carbonyl (C=O) groups excluding carboxylic acids is 1. The van der Waals surface area contributed by atoms with Crippen molar-refractivity contribution in [2.24, 2.45) is 0 Å². The van der Waals surface area contributed by atoms with Crippen LogP contribution in [0, 0.1) is 5.82 Å². The lowest BCUT2D eigenvalue weighted by Crippen LogP contribution is -2.10. The normalized spacial score (nSPS) is 12.9. The lowest BCUT2D eigenvalue weighted by molar-refractivity contribution is 0.102. The van der Waals surface area contributed by atoms with Crippen LogP contribution in [0.2, 0.25) is 0 Å². The molecular weight excluding hydrogens is 221 g/mol. The van der Waals surface area contributed by atoms with Crippen LogP contribution in [0.4, 0.5) is 10.1 Å². The summed E-state index contributed by atoms with van der Waals surface area (Å²) >= 11 is 0. The van der Waals surface area contributed by atoms with Crippen LogP contribution in [0.3, 0.4) is 0 Å². The van der Waals surface area contributed by atoms with E-state index in [-0.39, 0.29) is 17.2 Å². The van der Waals surface area contributed by atoms with Crippen molar-refractivity contribution in [1.29, 1.82) is 0 Å². The predicted octanol–water partition coefficient (Wildman–Crippen LogP) is 3.18. The van der Waals surface area contributed by atoms with Gasteiger partial charge in [-0.05, 0) is 24.3 Å². The molecule has 17 heavy (non-hydrogen) atoms. The first-order valence-electron chi connectivity index (χ1n) is 5.12. The van der Waals surface area contributed by atoms with E-state index in [0.29, 0.717) is 11.4 Å². The van der Waals surface area contributed by atoms with Gasteiger partial charge in [-0.1, -0.05) is 18.2 Å².